The molecule has 122 valence electrons. The molecule has 23 heavy (non-hydrogen) atoms. The number of aliphatic carboxylic acids is 1. The van der Waals surface area contributed by atoms with E-state index >= 15 is 0 Å². The Bertz CT molecular complexity index is 794. The first-order valence-corrected chi connectivity index (χ1v) is 7.46. The van der Waals surface area contributed by atoms with E-state index in [0.717, 1.165) is 18.8 Å². The Morgan fingerprint density at radius 2 is 2.04 bits per heavy atom. The minimum absolute atomic E-state index is 0. The van der Waals surface area contributed by atoms with Crippen LogP contribution in [0.25, 0.3) is 16.7 Å². The molecule has 2 aromatic heterocycles. The maximum atomic E-state index is 10.7. The number of para-hydroxylation sites is 1. The molecule has 0 fully saturated rings. The van der Waals surface area contributed by atoms with Crippen molar-refractivity contribution >= 4 is 29.3 Å². The van der Waals surface area contributed by atoms with Crippen molar-refractivity contribution in [3.8, 4) is 5.82 Å². The monoisotopic (exact) mass is 333 g/mol. The van der Waals surface area contributed by atoms with E-state index in [-0.39, 0.29) is 18.8 Å². The summed E-state index contributed by atoms with van der Waals surface area (Å²) in [7, 11) is 0. The van der Waals surface area contributed by atoms with E-state index in [1.54, 1.807) is 12.5 Å². The van der Waals surface area contributed by atoms with Gasteiger partial charge >= 0.3 is 5.97 Å². The standard InChI is InChI=1S/C17H19N3O2.ClH/c1-13-14-6-2-3-7-15(14)20(10-5-4-8-16(21)22)17(13)19-11-9-18-12-19;/h2-3,6-7,9,11-12H,4-5,8,10H2,1H3,(H,21,22);1H. The van der Waals surface area contributed by atoms with Gasteiger partial charge in [-0.2, -0.15) is 0 Å². The fraction of sp³-hybridized carbons (Fsp3) is 0.294. The Hall–Kier alpha value is -2.27. The second-order valence-corrected chi connectivity index (χ2v) is 5.44. The van der Waals surface area contributed by atoms with E-state index in [1.807, 2.05) is 22.9 Å². The Balaban J connectivity index is 0.00000192. The van der Waals surface area contributed by atoms with Gasteiger partial charge in [0.15, 0.2) is 0 Å². The minimum atomic E-state index is -0.733. The molecule has 0 aliphatic rings. The van der Waals surface area contributed by atoms with E-state index in [4.69, 9.17) is 5.11 Å². The molecule has 6 heteroatoms. The molecule has 0 aliphatic carbocycles. The fourth-order valence-corrected chi connectivity index (χ4v) is 2.95. The molecular weight excluding hydrogens is 314 g/mol. The molecule has 5 nitrogen and oxygen atoms in total. The molecule has 0 atom stereocenters. The van der Waals surface area contributed by atoms with E-state index in [0.29, 0.717) is 6.42 Å². The molecule has 3 aromatic rings. The second kappa shape index (κ2) is 7.33. The summed E-state index contributed by atoms with van der Waals surface area (Å²) in [5.41, 5.74) is 2.39. The molecular formula is C17H20ClN3O2. The highest BCUT2D eigenvalue weighted by Crippen LogP contribution is 2.28. The Labute approximate surface area is 141 Å². The number of hydrogen-bond donors (Lipinski definition) is 1. The molecule has 3 rings (SSSR count). The van der Waals surface area contributed by atoms with Gasteiger partial charge in [0.05, 0.1) is 0 Å². The van der Waals surface area contributed by atoms with Crippen molar-refractivity contribution in [1.29, 1.82) is 0 Å². The average Bonchev–Trinajstić information content (AvgIpc) is 3.11. The molecule has 0 amide bonds. The second-order valence-electron chi connectivity index (χ2n) is 5.44. The summed E-state index contributed by atoms with van der Waals surface area (Å²) in [5.74, 6) is 0.373. The third-order valence-electron chi connectivity index (χ3n) is 3.96. The summed E-state index contributed by atoms with van der Waals surface area (Å²) in [6, 6.07) is 8.31. The number of unbranched alkanes of at least 4 members (excludes halogenated alkanes) is 1. The third kappa shape index (κ3) is 3.40. The van der Waals surface area contributed by atoms with Gasteiger partial charge in [-0.1, -0.05) is 18.2 Å². The van der Waals surface area contributed by atoms with Crippen LogP contribution in [0.15, 0.2) is 43.0 Å². The number of fused-ring (bicyclic) bond motifs is 1. The largest absolute Gasteiger partial charge is 0.481 e. The molecule has 0 saturated carbocycles. The Kier molecular flexibility index (Phi) is 5.45. The van der Waals surface area contributed by atoms with Gasteiger partial charge in [-0.3, -0.25) is 9.36 Å². The summed E-state index contributed by atoms with van der Waals surface area (Å²) in [5, 5.41) is 10.00. The number of benzene rings is 1. The first-order chi connectivity index (χ1) is 10.7. The lowest BCUT2D eigenvalue weighted by Gasteiger charge is -2.11. The molecule has 2 heterocycles. The van der Waals surface area contributed by atoms with Gasteiger partial charge in [0.25, 0.3) is 0 Å². The number of aromatic nitrogens is 3. The lowest BCUT2D eigenvalue weighted by Crippen LogP contribution is -2.06. The highest BCUT2D eigenvalue weighted by atomic mass is 35.5. The highest BCUT2D eigenvalue weighted by Gasteiger charge is 2.14. The average molecular weight is 334 g/mol. The van der Waals surface area contributed by atoms with Crippen LogP contribution in [0.1, 0.15) is 24.8 Å². The van der Waals surface area contributed by atoms with Gasteiger partial charge in [-0.05, 0) is 31.4 Å². The normalized spacial score (nSPS) is 10.7. The van der Waals surface area contributed by atoms with Gasteiger partial charge in [-0.15, -0.1) is 12.4 Å². The molecule has 0 spiro atoms. The smallest absolute Gasteiger partial charge is 0.303 e. The van der Waals surface area contributed by atoms with Crippen molar-refractivity contribution in [2.45, 2.75) is 32.7 Å². The number of carboxylic acid groups (broad SMARTS) is 1. The first kappa shape index (κ1) is 17.1. The zero-order chi connectivity index (χ0) is 15.5. The summed E-state index contributed by atoms with van der Waals surface area (Å²) >= 11 is 0. The molecule has 0 saturated heterocycles. The number of nitrogens with zero attached hydrogens (tertiary/aromatic N) is 3. The topological polar surface area (TPSA) is 60.0 Å². The van der Waals surface area contributed by atoms with Crippen molar-refractivity contribution in [1.82, 2.24) is 14.1 Å². The van der Waals surface area contributed by atoms with Crippen LogP contribution in [0, 0.1) is 6.92 Å². The number of hydrogen-bond acceptors (Lipinski definition) is 2. The molecule has 1 aromatic carbocycles. The van der Waals surface area contributed by atoms with E-state index in [1.165, 1.54) is 16.5 Å². The maximum absolute atomic E-state index is 10.7. The van der Waals surface area contributed by atoms with Crippen LogP contribution < -0.4 is 0 Å². The first-order valence-electron chi connectivity index (χ1n) is 7.46. The summed E-state index contributed by atoms with van der Waals surface area (Å²) in [6.07, 6.45) is 7.25. The predicted octanol–water partition coefficient (Wildman–Crippen LogP) is 3.81. The van der Waals surface area contributed by atoms with Crippen LogP contribution >= 0.6 is 12.4 Å². The van der Waals surface area contributed by atoms with Crippen LogP contribution in [-0.4, -0.2) is 25.2 Å². The predicted molar refractivity (Wildman–Crippen MR) is 92.5 cm³/mol. The van der Waals surface area contributed by atoms with E-state index < -0.39 is 5.97 Å². The van der Waals surface area contributed by atoms with Gasteiger partial charge in [0, 0.05) is 36.3 Å². The SMILES string of the molecule is Cc1c(-n2ccnc2)n(CCCCC(=O)O)c2ccccc12.Cl. The molecule has 0 unspecified atom stereocenters. The summed E-state index contributed by atoms with van der Waals surface area (Å²) in [4.78, 5) is 14.8. The van der Waals surface area contributed by atoms with E-state index in [9.17, 15) is 4.79 Å². The zero-order valence-electron chi connectivity index (χ0n) is 13.0. The van der Waals surface area contributed by atoms with Crippen molar-refractivity contribution in [3.63, 3.8) is 0 Å². The van der Waals surface area contributed by atoms with E-state index in [2.05, 4.69) is 28.6 Å². The lowest BCUT2D eigenvalue weighted by molar-refractivity contribution is -0.137. The minimum Gasteiger partial charge on any atom is -0.481 e. The highest BCUT2D eigenvalue weighted by molar-refractivity contribution is 5.87. The van der Waals surface area contributed by atoms with Crippen molar-refractivity contribution < 1.29 is 9.90 Å². The number of imidazole rings is 1. The van der Waals surface area contributed by atoms with Gasteiger partial charge in [0.1, 0.15) is 12.1 Å². The van der Waals surface area contributed by atoms with Gasteiger partial charge in [0.2, 0.25) is 0 Å². The third-order valence-corrected chi connectivity index (χ3v) is 3.96. The number of carbonyl (C=O) groups is 1. The van der Waals surface area contributed by atoms with Crippen LogP contribution in [0.3, 0.4) is 0 Å². The Morgan fingerprint density at radius 3 is 2.74 bits per heavy atom. The summed E-state index contributed by atoms with van der Waals surface area (Å²) < 4.78 is 4.28. The quantitative estimate of drug-likeness (QED) is 0.698. The maximum Gasteiger partial charge on any atom is 0.303 e. The van der Waals surface area contributed by atoms with Gasteiger partial charge in [-0.25, -0.2) is 4.98 Å². The Morgan fingerprint density at radius 1 is 1.26 bits per heavy atom. The van der Waals surface area contributed by atoms with Crippen LogP contribution in [0.5, 0.6) is 0 Å². The van der Waals surface area contributed by atoms with Crippen molar-refractivity contribution in [2.24, 2.45) is 0 Å². The van der Waals surface area contributed by atoms with Crippen molar-refractivity contribution in [2.75, 3.05) is 0 Å². The molecule has 1 N–H and O–H groups in total. The van der Waals surface area contributed by atoms with Crippen LogP contribution in [0.4, 0.5) is 0 Å². The lowest BCUT2D eigenvalue weighted by atomic mass is 10.2. The molecule has 0 aliphatic heterocycles. The number of carboxylic acids is 1. The molecule has 0 bridgehead atoms. The fourth-order valence-electron chi connectivity index (χ4n) is 2.95. The van der Waals surface area contributed by atoms with Crippen LogP contribution in [-0.2, 0) is 11.3 Å². The number of rotatable bonds is 6. The van der Waals surface area contributed by atoms with Gasteiger partial charge < -0.3 is 9.67 Å². The summed E-state index contributed by atoms with van der Waals surface area (Å²) in [6.45, 7) is 2.92. The van der Waals surface area contributed by atoms with Crippen molar-refractivity contribution in [3.05, 3.63) is 48.5 Å². The molecule has 0 radical (unpaired) electrons. The number of halogens is 1. The number of aryl methyl sites for hydroxylation is 2. The zero-order valence-corrected chi connectivity index (χ0v) is 13.8. The van der Waals surface area contributed by atoms with Crippen LogP contribution in [0.2, 0.25) is 0 Å².